The van der Waals surface area contributed by atoms with Crippen molar-refractivity contribution in [2.75, 3.05) is 0 Å². The minimum Gasteiger partial charge on any atom is -0.334 e. The Morgan fingerprint density at radius 2 is 2.14 bits per heavy atom. The van der Waals surface area contributed by atoms with Crippen LogP contribution >= 0.6 is 12.4 Å². The number of nitrogens with two attached hydrogens (primary N) is 1. The van der Waals surface area contributed by atoms with Crippen LogP contribution in [0.2, 0.25) is 0 Å². The lowest BCUT2D eigenvalue weighted by Gasteiger charge is -2.34. The molecule has 1 aliphatic rings. The zero-order valence-electron chi connectivity index (χ0n) is 12.4. The van der Waals surface area contributed by atoms with Gasteiger partial charge in [-0.2, -0.15) is 10.1 Å². The molecular weight excluding hydrogens is 304 g/mol. The minimum atomic E-state index is -0.413. The first-order valence-corrected chi connectivity index (χ1v) is 7.00. The average Bonchev–Trinajstić information content (AvgIpc) is 3.03. The quantitative estimate of drug-likeness (QED) is 0.776. The molecule has 0 radical (unpaired) electrons. The summed E-state index contributed by atoms with van der Waals surface area (Å²) < 4.78 is 7.12. The van der Waals surface area contributed by atoms with Gasteiger partial charge in [-0.3, -0.25) is 4.68 Å². The molecule has 7 nitrogen and oxygen atoms in total. The summed E-state index contributed by atoms with van der Waals surface area (Å²) in [6, 6.07) is 1.98. The number of aryl methyl sites for hydroxylation is 2. The zero-order valence-corrected chi connectivity index (χ0v) is 13.2. The minimum absolute atomic E-state index is 0. The normalized spacial score (nSPS) is 16.3. The van der Waals surface area contributed by atoms with Gasteiger partial charge in [0, 0.05) is 18.6 Å². The van der Waals surface area contributed by atoms with E-state index in [1.165, 1.54) is 0 Å². The van der Waals surface area contributed by atoms with E-state index in [2.05, 4.69) is 20.2 Å². The van der Waals surface area contributed by atoms with Crippen molar-refractivity contribution in [1.29, 1.82) is 0 Å². The van der Waals surface area contributed by atoms with Crippen molar-refractivity contribution in [2.45, 2.75) is 31.7 Å². The highest BCUT2D eigenvalue weighted by Gasteiger charge is 2.39. The number of hydrogen-bond acceptors (Lipinski definition) is 6. The molecule has 0 saturated heterocycles. The molecule has 1 saturated carbocycles. The summed E-state index contributed by atoms with van der Waals surface area (Å²) in [5.74, 6) is 1.05. The van der Waals surface area contributed by atoms with Crippen molar-refractivity contribution in [1.82, 2.24) is 24.9 Å². The third-order valence-corrected chi connectivity index (χ3v) is 4.23. The van der Waals surface area contributed by atoms with Crippen molar-refractivity contribution in [2.24, 2.45) is 12.8 Å². The topological polar surface area (TPSA) is 95.7 Å². The summed E-state index contributed by atoms with van der Waals surface area (Å²) in [5, 5.41) is 9.38. The number of rotatable bonds is 2. The van der Waals surface area contributed by atoms with Gasteiger partial charge in [0.15, 0.2) is 11.5 Å². The van der Waals surface area contributed by atoms with Gasteiger partial charge < -0.3 is 10.3 Å². The molecule has 22 heavy (non-hydrogen) atoms. The van der Waals surface area contributed by atoms with Gasteiger partial charge in [0.05, 0.1) is 16.8 Å². The smallest absolute Gasteiger partial charge is 0.259 e. The Labute approximate surface area is 133 Å². The van der Waals surface area contributed by atoms with Gasteiger partial charge in [0.25, 0.3) is 5.89 Å². The zero-order chi connectivity index (χ0) is 14.6. The summed E-state index contributed by atoms with van der Waals surface area (Å²) in [4.78, 5) is 8.87. The molecule has 0 atom stereocenters. The molecule has 1 aliphatic carbocycles. The van der Waals surface area contributed by atoms with Crippen LogP contribution in [-0.4, -0.2) is 24.9 Å². The molecule has 1 fully saturated rings. The third-order valence-electron chi connectivity index (χ3n) is 4.23. The Morgan fingerprint density at radius 3 is 2.82 bits per heavy atom. The molecule has 116 valence electrons. The number of nitrogens with zero attached hydrogens (tertiary/aromatic N) is 5. The standard InChI is InChI=1S/C14H16N6O.ClH/c1-8-10-6-9(7-16-11(10)20(2)18-8)12-17-13(19-21-12)14(15)4-3-5-14;/h6-7H,3-5,15H2,1-2H3;1H. The van der Waals surface area contributed by atoms with Crippen LogP contribution in [0.3, 0.4) is 0 Å². The van der Waals surface area contributed by atoms with Crippen molar-refractivity contribution >= 4 is 23.4 Å². The van der Waals surface area contributed by atoms with E-state index in [-0.39, 0.29) is 12.4 Å². The van der Waals surface area contributed by atoms with Crippen LogP contribution in [0.1, 0.15) is 30.8 Å². The van der Waals surface area contributed by atoms with E-state index in [9.17, 15) is 0 Å². The Hall–Kier alpha value is -1.99. The van der Waals surface area contributed by atoms with Crippen LogP contribution in [0, 0.1) is 6.92 Å². The van der Waals surface area contributed by atoms with Gasteiger partial charge in [-0.15, -0.1) is 12.4 Å². The van der Waals surface area contributed by atoms with E-state index in [0.29, 0.717) is 11.7 Å². The molecule has 3 heterocycles. The lowest BCUT2D eigenvalue weighted by Crippen LogP contribution is -2.44. The summed E-state index contributed by atoms with van der Waals surface area (Å²) in [7, 11) is 1.88. The molecule has 3 aromatic heterocycles. The van der Waals surface area contributed by atoms with E-state index < -0.39 is 5.54 Å². The molecule has 0 aromatic carbocycles. The van der Waals surface area contributed by atoms with Crippen LogP contribution in [0.25, 0.3) is 22.5 Å². The Morgan fingerprint density at radius 1 is 1.36 bits per heavy atom. The molecule has 8 heteroatoms. The molecule has 0 bridgehead atoms. The largest absolute Gasteiger partial charge is 0.334 e. The number of fused-ring (bicyclic) bond motifs is 1. The molecule has 0 aliphatic heterocycles. The molecular formula is C14H17ClN6O. The van der Waals surface area contributed by atoms with Crippen LogP contribution in [0.4, 0.5) is 0 Å². The highest BCUT2D eigenvalue weighted by atomic mass is 35.5. The van der Waals surface area contributed by atoms with Crippen LogP contribution in [-0.2, 0) is 12.6 Å². The summed E-state index contributed by atoms with van der Waals surface area (Å²) in [5.41, 5.74) is 8.36. The lowest BCUT2D eigenvalue weighted by molar-refractivity contribution is 0.229. The molecule has 4 rings (SSSR count). The van der Waals surface area contributed by atoms with E-state index in [4.69, 9.17) is 10.3 Å². The van der Waals surface area contributed by atoms with Gasteiger partial charge in [0.2, 0.25) is 0 Å². The Kier molecular flexibility index (Phi) is 3.41. The van der Waals surface area contributed by atoms with E-state index in [1.54, 1.807) is 10.9 Å². The Bertz CT molecular complexity index is 835. The molecule has 3 aromatic rings. The highest BCUT2D eigenvalue weighted by Crippen LogP contribution is 2.37. The molecule has 0 unspecified atom stereocenters. The first kappa shape index (κ1) is 14.9. The number of hydrogen-bond donors (Lipinski definition) is 1. The van der Waals surface area contributed by atoms with Crippen LogP contribution in [0.15, 0.2) is 16.8 Å². The first-order chi connectivity index (χ1) is 10.1. The maximum Gasteiger partial charge on any atom is 0.259 e. The van der Waals surface area contributed by atoms with E-state index in [1.807, 2.05) is 20.0 Å². The van der Waals surface area contributed by atoms with Gasteiger partial charge in [-0.25, -0.2) is 4.98 Å². The van der Waals surface area contributed by atoms with Crippen molar-refractivity contribution in [3.63, 3.8) is 0 Å². The van der Waals surface area contributed by atoms with Gasteiger partial charge >= 0.3 is 0 Å². The van der Waals surface area contributed by atoms with Crippen LogP contribution in [0.5, 0.6) is 0 Å². The average molecular weight is 321 g/mol. The fourth-order valence-electron chi connectivity index (χ4n) is 2.75. The molecule has 0 amide bonds. The van der Waals surface area contributed by atoms with Crippen molar-refractivity contribution in [3.8, 4) is 11.5 Å². The van der Waals surface area contributed by atoms with Crippen molar-refractivity contribution < 1.29 is 4.52 Å². The second-order valence-corrected chi connectivity index (χ2v) is 5.74. The van der Waals surface area contributed by atoms with E-state index >= 15 is 0 Å². The number of halogens is 1. The predicted octanol–water partition coefficient (Wildman–Crippen LogP) is 2.09. The Balaban J connectivity index is 0.00000144. The van der Waals surface area contributed by atoms with Gasteiger partial charge in [-0.1, -0.05) is 5.16 Å². The maximum atomic E-state index is 6.22. The van der Waals surface area contributed by atoms with Gasteiger partial charge in [-0.05, 0) is 32.3 Å². The van der Waals surface area contributed by atoms with Gasteiger partial charge in [0.1, 0.15) is 0 Å². The molecule has 0 spiro atoms. The second kappa shape index (κ2) is 5.03. The number of aromatic nitrogens is 5. The third kappa shape index (κ3) is 2.08. The highest BCUT2D eigenvalue weighted by molar-refractivity contribution is 5.85. The second-order valence-electron chi connectivity index (χ2n) is 5.74. The maximum absolute atomic E-state index is 6.22. The van der Waals surface area contributed by atoms with Crippen molar-refractivity contribution in [3.05, 3.63) is 23.8 Å². The lowest BCUT2D eigenvalue weighted by atomic mass is 9.77. The fourth-order valence-corrected chi connectivity index (χ4v) is 2.75. The fraction of sp³-hybridized carbons (Fsp3) is 0.429. The summed E-state index contributed by atoms with van der Waals surface area (Å²) in [6.45, 7) is 1.95. The SMILES string of the molecule is Cc1nn(C)c2ncc(-c3nc(C4(N)CCC4)no3)cc12.Cl. The van der Waals surface area contributed by atoms with Crippen LogP contribution < -0.4 is 5.73 Å². The summed E-state index contributed by atoms with van der Waals surface area (Å²) in [6.07, 6.45) is 4.66. The monoisotopic (exact) mass is 320 g/mol. The van der Waals surface area contributed by atoms with E-state index in [0.717, 1.165) is 41.6 Å². The first-order valence-electron chi connectivity index (χ1n) is 7.00. The summed E-state index contributed by atoms with van der Waals surface area (Å²) >= 11 is 0. The molecule has 2 N–H and O–H groups in total. The predicted molar refractivity (Wildman–Crippen MR) is 83.5 cm³/mol. The number of pyridine rings is 1.